The van der Waals surface area contributed by atoms with E-state index in [0.29, 0.717) is 5.56 Å². The van der Waals surface area contributed by atoms with Crippen molar-refractivity contribution >= 4 is 59.2 Å². The number of carbonyl (C=O) groups is 7. The standard InChI is InChI=1S/C26H36N8O10S/c27-26(28)29-7-1-2-15-22(40)30-10-19(36)31-17(9-21(38)39)24(42)34-18(25(43)44)11-45-12-20(37)32-16(23(41)33-15)8-13-3-5-14(35)6-4-13/h3-6,15-18,35H,1-2,7-12H2,(H,30,40)(H,31,36)(H,32,37)(H,33,41)(H,34,42)(H,38,39)(H,43,44)(H4,27,28,29)/t15-,16-,17-,18-/m0/s1. The fourth-order valence-corrected chi connectivity index (χ4v) is 4.84. The quantitative estimate of drug-likeness (QED) is 0.0700. The molecule has 1 saturated heterocycles. The maximum Gasteiger partial charge on any atom is 0.327 e. The van der Waals surface area contributed by atoms with Crippen molar-refractivity contribution in [3.63, 3.8) is 0 Å². The van der Waals surface area contributed by atoms with Gasteiger partial charge in [0.15, 0.2) is 5.96 Å². The third-order valence-corrected chi connectivity index (χ3v) is 7.23. The van der Waals surface area contributed by atoms with Crippen molar-refractivity contribution in [2.24, 2.45) is 16.5 Å². The zero-order chi connectivity index (χ0) is 33.5. The summed E-state index contributed by atoms with van der Waals surface area (Å²) in [4.78, 5) is 91.5. The molecule has 0 radical (unpaired) electrons. The largest absolute Gasteiger partial charge is 0.508 e. The number of nitrogens with two attached hydrogens (primary N) is 2. The molecule has 0 aliphatic carbocycles. The molecule has 18 nitrogen and oxygen atoms in total. The van der Waals surface area contributed by atoms with Gasteiger partial charge in [-0.05, 0) is 30.5 Å². The minimum absolute atomic E-state index is 0.00627. The van der Waals surface area contributed by atoms with Crippen LogP contribution in [0.25, 0.3) is 0 Å². The van der Waals surface area contributed by atoms with Crippen LogP contribution in [0.1, 0.15) is 24.8 Å². The number of phenolic OH excluding ortho intramolecular Hbond substituents is 1. The van der Waals surface area contributed by atoms with Gasteiger partial charge in [0.25, 0.3) is 0 Å². The molecule has 1 aromatic rings. The highest BCUT2D eigenvalue weighted by atomic mass is 32.2. The van der Waals surface area contributed by atoms with Gasteiger partial charge < -0.3 is 53.4 Å². The number of carboxylic acid groups (broad SMARTS) is 2. The Kier molecular flexibility index (Phi) is 14.4. The molecule has 0 saturated carbocycles. The maximum atomic E-state index is 13.4. The molecular weight excluding hydrogens is 616 g/mol. The average molecular weight is 653 g/mol. The van der Waals surface area contributed by atoms with Gasteiger partial charge in [0.1, 0.15) is 29.9 Å². The summed E-state index contributed by atoms with van der Waals surface area (Å²) >= 11 is 0.814. The minimum atomic E-state index is -1.68. The Hall–Kier alpha value is -5.07. The SMILES string of the molecule is NC(N)=NCCC[C@@H]1NC(=O)[C@H](Cc2ccc(O)cc2)NC(=O)CSC[C@@H](C(=O)O)NC(=O)[C@H](CC(=O)O)NC(=O)CNC1=O. The molecule has 12 N–H and O–H groups in total. The topological polar surface area (TPSA) is 305 Å². The second kappa shape index (κ2) is 17.9. The molecule has 5 amide bonds. The number of nitrogens with one attached hydrogen (secondary N) is 5. The number of aliphatic carboxylic acids is 2. The van der Waals surface area contributed by atoms with Gasteiger partial charge in [-0.25, -0.2) is 4.79 Å². The molecule has 246 valence electrons. The van der Waals surface area contributed by atoms with Crippen molar-refractivity contribution in [1.82, 2.24) is 26.6 Å². The average Bonchev–Trinajstić information content (AvgIpc) is 2.96. The molecule has 2 rings (SSSR count). The molecule has 0 bridgehead atoms. The molecule has 19 heteroatoms. The highest BCUT2D eigenvalue weighted by Gasteiger charge is 2.31. The van der Waals surface area contributed by atoms with Crippen LogP contribution >= 0.6 is 11.8 Å². The van der Waals surface area contributed by atoms with Gasteiger partial charge >= 0.3 is 11.9 Å². The second-order valence-corrected chi connectivity index (χ2v) is 10.9. The molecule has 1 aromatic carbocycles. The van der Waals surface area contributed by atoms with Crippen molar-refractivity contribution in [2.75, 3.05) is 24.6 Å². The van der Waals surface area contributed by atoms with Crippen molar-refractivity contribution in [1.29, 1.82) is 0 Å². The van der Waals surface area contributed by atoms with Crippen LogP contribution in [0.5, 0.6) is 5.75 Å². The number of thioether (sulfide) groups is 1. The summed E-state index contributed by atoms with van der Waals surface area (Å²) in [5.41, 5.74) is 11.2. The van der Waals surface area contributed by atoms with Gasteiger partial charge in [-0.2, -0.15) is 0 Å². The zero-order valence-electron chi connectivity index (χ0n) is 24.0. The van der Waals surface area contributed by atoms with E-state index in [1.165, 1.54) is 24.3 Å². The summed E-state index contributed by atoms with van der Waals surface area (Å²) in [5.74, 6) is -8.12. The number of hydrogen-bond acceptors (Lipinski definition) is 10. The summed E-state index contributed by atoms with van der Waals surface area (Å²) in [6, 6.07) is 0.146. The van der Waals surface area contributed by atoms with Gasteiger partial charge in [0.05, 0.1) is 18.7 Å². The summed E-state index contributed by atoms with van der Waals surface area (Å²) < 4.78 is 0. The number of carboxylic acids is 2. The van der Waals surface area contributed by atoms with Gasteiger partial charge in [-0.1, -0.05) is 12.1 Å². The van der Waals surface area contributed by atoms with E-state index in [1.807, 2.05) is 0 Å². The Balaban J connectivity index is 2.37. The van der Waals surface area contributed by atoms with Gasteiger partial charge in [-0.15, -0.1) is 11.8 Å². The van der Waals surface area contributed by atoms with E-state index in [-0.39, 0.29) is 49.0 Å². The molecular formula is C26H36N8O10S. The van der Waals surface area contributed by atoms with Crippen LogP contribution in [0.15, 0.2) is 29.3 Å². The van der Waals surface area contributed by atoms with Crippen molar-refractivity contribution < 1.29 is 48.9 Å². The summed E-state index contributed by atoms with van der Waals surface area (Å²) in [7, 11) is 0. The predicted molar refractivity (Wildman–Crippen MR) is 160 cm³/mol. The van der Waals surface area contributed by atoms with Gasteiger partial charge in [0.2, 0.25) is 29.5 Å². The van der Waals surface area contributed by atoms with Crippen molar-refractivity contribution in [3.05, 3.63) is 29.8 Å². The predicted octanol–water partition coefficient (Wildman–Crippen LogP) is -3.65. The molecule has 0 unspecified atom stereocenters. The number of carbonyl (C=O) groups excluding carboxylic acids is 5. The van der Waals surface area contributed by atoms with E-state index in [1.54, 1.807) is 0 Å². The maximum absolute atomic E-state index is 13.4. The lowest BCUT2D eigenvalue weighted by Gasteiger charge is -2.24. The van der Waals surface area contributed by atoms with Crippen LogP contribution in [0, 0.1) is 0 Å². The smallest absolute Gasteiger partial charge is 0.327 e. The zero-order valence-corrected chi connectivity index (χ0v) is 24.8. The number of aliphatic imine (C=N–C) groups is 1. The Morgan fingerprint density at radius 1 is 0.867 bits per heavy atom. The third-order valence-electron chi connectivity index (χ3n) is 6.19. The number of amides is 5. The highest BCUT2D eigenvalue weighted by molar-refractivity contribution is 8.00. The monoisotopic (exact) mass is 652 g/mol. The molecule has 1 aliphatic heterocycles. The Morgan fingerprint density at radius 2 is 1.51 bits per heavy atom. The minimum Gasteiger partial charge on any atom is -0.508 e. The van der Waals surface area contributed by atoms with E-state index in [0.717, 1.165) is 11.8 Å². The van der Waals surface area contributed by atoms with E-state index < -0.39 is 78.6 Å². The highest BCUT2D eigenvalue weighted by Crippen LogP contribution is 2.13. The van der Waals surface area contributed by atoms with E-state index >= 15 is 0 Å². The molecule has 45 heavy (non-hydrogen) atoms. The number of phenols is 1. The Labute approximate surface area is 261 Å². The van der Waals surface area contributed by atoms with Crippen LogP contribution < -0.4 is 38.1 Å². The van der Waals surface area contributed by atoms with Crippen LogP contribution in [-0.2, 0) is 40.0 Å². The summed E-state index contributed by atoms with van der Waals surface area (Å²) in [5, 5.41) is 40.1. The Bertz CT molecular complexity index is 1290. The summed E-state index contributed by atoms with van der Waals surface area (Å²) in [6.45, 7) is -0.620. The van der Waals surface area contributed by atoms with Crippen LogP contribution in [0.2, 0.25) is 0 Å². The molecule has 0 aromatic heterocycles. The first-order chi connectivity index (χ1) is 21.2. The summed E-state index contributed by atoms with van der Waals surface area (Å²) in [6.07, 6.45) is -0.711. The van der Waals surface area contributed by atoms with E-state index in [4.69, 9.17) is 11.5 Å². The lowest BCUT2D eigenvalue weighted by Crippen LogP contribution is -2.57. The van der Waals surface area contributed by atoms with E-state index in [9.17, 15) is 48.9 Å². The number of nitrogens with zero attached hydrogens (tertiary/aromatic N) is 1. The van der Waals surface area contributed by atoms with Crippen molar-refractivity contribution in [3.8, 4) is 5.75 Å². The second-order valence-electron chi connectivity index (χ2n) is 9.85. The number of aromatic hydroxyl groups is 1. The molecule has 1 fully saturated rings. The third kappa shape index (κ3) is 13.4. The van der Waals surface area contributed by atoms with E-state index in [2.05, 4.69) is 31.6 Å². The molecule has 1 heterocycles. The normalized spacial score (nSPS) is 22.3. The van der Waals surface area contributed by atoms with Crippen LogP contribution in [-0.4, -0.2) is 112 Å². The first kappa shape index (κ1) is 36.1. The number of rotatable bonds is 9. The van der Waals surface area contributed by atoms with Crippen LogP contribution in [0.3, 0.4) is 0 Å². The van der Waals surface area contributed by atoms with Gasteiger partial charge in [0, 0.05) is 18.7 Å². The molecule has 4 atom stereocenters. The number of benzene rings is 1. The number of hydrogen-bond donors (Lipinski definition) is 10. The lowest BCUT2D eigenvalue weighted by atomic mass is 10.0. The molecule has 1 aliphatic rings. The van der Waals surface area contributed by atoms with Gasteiger partial charge in [-0.3, -0.25) is 33.8 Å². The fraction of sp³-hybridized carbons (Fsp3) is 0.462. The number of guanidine groups is 1. The fourth-order valence-electron chi connectivity index (χ4n) is 3.99. The Morgan fingerprint density at radius 3 is 2.13 bits per heavy atom. The van der Waals surface area contributed by atoms with Crippen molar-refractivity contribution in [2.45, 2.75) is 49.9 Å². The first-order valence-electron chi connectivity index (χ1n) is 13.6. The molecule has 0 spiro atoms. The van der Waals surface area contributed by atoms with Crippen LogP contribution in [0.4, 0.5) is 0 Å². The lowest BCUT2D eigenvalue weighted by molar-refractivity contribution is -0.143. The first-order valence-corrected chi connectivity index (χ1v) is 14.7.